The van der Waals surface area contributed by atoms with Crippen molar-refractivity contribution in [1.82, 2.24) is 10.6 Å². The lowest BCUT2D eigenvalue weighted by molar-refractivity contribution is -0.141. The zero-order valence-electron chi connectivity index (χ0n) is 10.2. The molecule has 0 bridgehead atoms. The molecule has 0 unspecified atom stereocenters. The summed E-state index contributed by atoms with van der Waals surface area (Å²) in [5.74, 6) is -0.194. The Bertz CT molecular complexity index is 300. The number of hydrogen-bond donors (Lipinski definition) is 2. The summed E-state index contributed by atoms with van der Waals surface area (Å²) >= 11 is 0. The van der Waals surface area contributed by atoms with Crippen LogP contribution in [0.5, 0.6) is 0 Å². The van der Waals surface area contributed by atoms with Gasteiger partial charge in [-0.2, -0.15) is 0 Å². The van der Waals surface area contributed by atoms with E-state index in [0.717, 1.165) is 32.2 Å². The Morgan fingerprint density at radius 3 is 3.06 bits per heavy atom. The molecule has 5 nitrogen and oxygen atoms in total. The molecule has 0 aliphatic carbocycles. The van der Waals surface area contributed by atoms with Gasteiger partial charge in [-0.3, -0.25) is 9.59 Å². The molecule has 96 valence electrons. The number of cyclic esters (lactones) is 1. The summed E-state index contributed by atoms with van der Waals surface area (Å²) in [6.07, 6.45) is 3.85. The van der Waals surface area contributed by atoms with Crippen LogP contribution in [0, 0.1) is 0 Å². The van der Waals surface area contributed by atoms with Gasteiger partial charge < -0.3 is 15.4 Å². The van der Waals surface area contributed by atoms with E-state index in [9.17, 15) is 9.59 Å². The number of nitrogens with one attached hydrogen (secondary N) is 2. The summed E-state index contributed by atoms with van der Waals surface area (Å²) in [5.41, 5.74) is 0. The molecule has 0 spiro atoms. The number of rotatable bonds is 4. The lowest BCUT2D eigenvalue weighted by Crippen LogP contribution is -2.47. The van der Waals surface area contributed by atoms with E-state index in [-0.39, 0.29) is 30.1 Å². The van der Waals surface area contributed by atoms with Crippen LogP contribution in [0.4, 0.5) is 0 Å². The second-order valence-electron chi connectivity index (χ2n) is 4.79. The van der Waals surface area contributed by atoms with Gasteiger partial charge in [0, 0.05) is 0 Å². The zero-order valence-corrected chi connectivity index (χ0v) is 10.2. The molecule has 0 radical (unpaired) electrons. The Kier molecular flexibility index (Phi) is 3.99. The van der Waals surface area contributed by atoms with Gasteiger partial charge in [0.1, 0.15) is 6.10 Å². The van der Waals surface area contributed by atoms with E-state index in [1.165, 1.54) is 0 Å². The van der Waals surface area contributed by atoms with Gasteiger partial charge in [0.25, 0.3) is 0 Å². The van der Waals surface area contributed by atoms with Crippen LogP contribution in [0.1, 0.15) is 39.0 Å². The van der Waals surface area contributed by atoms with E-state index in [0.29, 0.717) is 6.42 Å². The average molecular weight is 240 g/mol. The molecule has 1 amide bonds. The average Bonchev–Trinajstić information content (AvgIpc) is 2.89. The molecule has 2 saturated heterocycles. The maximum absolute atomic E-state index is 11.9. The highest BCUT2D eigenvalue weighted by Crippen LogP contribution is 2.19. The second-order valence-corrected chi connectivity index (χ2v) is 4.79. The highest BCUT2D eigenvalue weighted by atomic mass is 16.6. The van der Waals surface area contributed by atoms with E-state index in [4.69, 9.17) is 4.74 Å². The summed E-state index contributed by atoms with van der Waals surface area (Å²) in [6.45, 7) is 2.94. The Labute approximate surface area is 101 Å². The fraction of sp³-hybridized carbons (Fsp3) is 0.833. The van der Waals surface area contributed by atoms with E-state index in [2.05, 4.69) is 10.6 Å². The number of carbonyl (C=O) groups is 2. The van der Waals surface area contributed by atoms with Gasteiger partial charge in [-0.1, -0.05) is 13.3 Å². The van der Waals surface area contributed by atoms with Crippen LogP contribution in [0.25, 0.3) is 0 Å². The first-order valence-corrected chi connectivity index (χ1v) is 6.44. The third-order valence-electron chi connectivity index (χ3n) is 3.40. The number of amides is 1. The number of carbonyl (C=O) groups excluding carboxylic acids is 2. The minimum atomic E-state index is -0.201. The zero-order chi connectivity index (χ0) is 12.3. The van der Waals surface area contributed by atoms with Gasteiger partial charge in [-0.05, 0) is 25.8 Å². The van der Waals surface area contributed by atoms with Gasteiger partial charge in [0.15, 0.2) is 0 Å². The summed E-state index contributed by atoms with van der Waals surface area (Å²) in [6, 6.07) is -0.231. The third-order valence-corrected chi connectivity index (χ3v) is 3.40. The van der Waals surface area contributed by atoms with E-state index < -0.39 is 0 Å². The fourth-order valence-corrected chi connectivity index (χ4v) is 2.49. The van der Waals surface area contributed by atoms with Crippen molar-refractivity contribution < 1.29 is 14.3 Å². The Balaban J connectivity index is 1.87. The summed E-state index contributed by atoms with van der Waals surface area (Å²) in [4.78, 5) is 23.2. The van der Waals surface area contributed by atoms with Crippen LogP contribution in [-0.2, 0) is 14.3 Å². The number of hydrogen-bond acceptors (Lipinski definition) is 4. The van der Waals surface area contributed by atoms with Crippen LogP contribution < -0.4 is 10.6 Å². The molecular weight excluding hydrogens is 220 g/mol. The molecule has 3 atom stereocenters. The fourth-order valence-electron chi connectivity index (χ4n) is 2.49. The molecule has 0 aromatic carbocycles. The Morgan fingerprint density at radius 1 is 1.59 bits per heavy atom. The molecule has 5 heteroatoms. The molecular formula is C12H20N2O3. The molecule has 17 heavy (non-hydrogen) atoms. The molecule has 2 fully saturated rings. The predicted octanol–water partition coefficient (Wildman–Crippen LogP) is 0.339. The lowest BCUT2D eigenvalue weighted by atomic mass is 10.1. The van der Waals surface area contributed by atoms with Crippen molar-refractivity contribution in [3.05, 3.63) is 0 Å². The molecule has 2 rings (SSSR count). The highest BCUT2D eigenvalue weighted by molar-refractivity contribution is 5.83. The standard InChI is InChI=1S/C12H20N2O3/c1-2-4-10-9(7-11(15)17-10)14-12(16)8-5-3-6-13-8/h8-10,13H,2-7H2,1H3,(H,14,16)/t8-,9-,10-/m0/s1. The van der Waals surface area contributed by atoms with Crippen molar-refractivity contribution in [3.63, 3.8) is 0 Å². The van der Waals surface area contributed by atoms with Crippen molar-refractivity contribution in [2.24, 2.45) is 0 Å². The van der Waals surface area contributed by atoms with Crippen molar-refractivity contribution in [3.8, 4) is 0 Å². The molecule has 0 saturated carbocycles. The van der Waals surface area contributed by atoms with Crippen molar-refractivity contribution in [1.29, 1.82) is 0 Å². The predicted molar refractivity (Wildman–Crippen MR) is 62.4 cm³/mol. The molecule has 0 aromatic heterocycles. The summed E-state index contributed by atoms with van der Waals surface area (Å²) in [5, 5.41) is 6.09. The van der Waals surface area contributed by atoms with Gasteiger partial charge >= 0.3 is 5.97 Å². The first kappa shape index (κ1) is 12.4. The summed E-state index contributed by atoms with van der Waals surface area (Å²) in [7, 11) is 0. The smallest absolute Gasteiger partial charge is 0.308 e. The topological polar surface area (TPSA) is 67.4 Å². The van der Waals surface area contributed by atoms with Crippen LogP contribution in [-0.4, -0.2) is 36.6 Å². The number of ether oxygens (including phenoxy) is 1. The van der Waals surface area contributed by atoms with Crippen molar-refractivity contribution in [2.45, 2.75) is 57.2 Å². The largest absolute Gasteiger partial charge is 0.460 e. The number of esters is 1. The van der Waals surface area contributed by atoms with Crippen molar-refractivity contribution in [2.75, 3.05) is 6.54 Å². The van der Waals surface area contributed by atoms with Gasteiger partial charge in [-0.15, -0.1) is 0 Å². The normalized spacial score (nSPS) is 32.5. The molecule has 2 N–H and O–H groups in total. The molecule has 2 aliphatic rings. The van der Waals surface area contributed by atoms with Crippen LogP contribution in [0.15, 0.2) is 0 Å². The van der Waals surface area contributed by atoms with Crippen LogP contribution in [0.3, 0.4) is 0 Å². The second kappa shape index (κ2) is 5.49. The van der Waals surface area contributed by atoms with Gasteiger partial charge in [-0.25, -0.2) is 0 Å². The first-order chi connectivity index (χ1) is 8.20. The van der Waals surface area contributed by atoms with E-state index >= 15 is 0 Å². The summed E-state index contributed by atoms with van der Waals surface area (Å²) < 4.78 is 5.20. The maximum atomic E-state index is 11.9. The minimum Gasteiger partial charge on any atom is -0.460 e. The monoisotopic (exact) mass is 240 g/mol. The minimum absolute atomic E-state index is 0.00639. The molecule has 0 aromatic rings. The van der Waals surface area contributed by atoms with Gasteiger partial charge in [0.05, 0.1) is 18.5 Å². The molecule has 2 heterocycles. The SMILES string of the molecule is CCC[C@@H]1OC(=O)C[C@@H]1NC(=O)[C@@H]1CCCN1. The third kappa shape index (κ3) is 2.97. The quantitative estimate of drug-likeness (QED) is 0.695. The van der Waals surface area contributed by atoms with Gasteiger partial charge in [0.2, 0.25) is 5.91 Å². The maximum Gasteiger partial charge on any atom is 0.308 e. The first-order valence-electron chi connectivity index (χ1n) is 6.44. The van der Waals surface area contributed by atoms with Crippen LogP contribution in [0.2, 0.25) is 0 Å². The Hall–Kier alpha value is -1.10. The molecule has 2 aliphatic heterocycles. The van der Waals surface area contributed by atoms with E-state index in [1.54, 1.807) is 0 Å². The lowest BCUT2D eigenvalue weighted by Gasteiger charge is -2.20. The highest BCUT2D eigenvalue weighted by Gasteiger charge is 2.36. The van der Waals surface area contributed by atoms with Crippen molar-refractivity contribution >= 4 is 11.9 Å². The van der Waals surface area contributed by atoms with Crippen LogP contribution >= 0.6 is 0 Å². The Morgan fingerprint density at radius 2 is 2.41 bits per heavy atom. The van der Waals surface area contributed by atoms with E-state index in [1.807, 2.05) is 6.92 Å².